The number of rotatable bonds is 6. The lowest BCUT2D eigenvalue weighted by Gasteiger charge is -2.04. The van der Waals surface area contributed by atoms with Crippen molar-refractivity contribution in [3.05, 3.63) is 41.2 Å². The number of nitrogens with one attached hydrogen (secondary N) is 1. The van der Waals surface area contributed by atoms with Gasteiger partial charge in [-0.15, -0.1) is 10.2 Å². The fourth-order valence-electron chi connectivity index (χ4n) is 1.99. The molecule has 2 aromatic heterocycles. The van der Waals surface area contributed by atoms with Crippen LogP contribution in [-0.2, 0) is 17.8 Å². The fourth-order valence-corrected chi connectivity index (χ4v) is 2.74. The van der Waals surface area contributed by atoms with E-state index in [1.54, 1.807) is 18.0 Å². The molecule has 22 heavy (non-hydrogen) atoms. The highest BCUT2D eigenvalue weighted by atomic mass is 32.1. The van der Waals surface area contributed by atoms with Gasteiger partial charge in [-0.1, -0.05) is 23.5 Å². The van der Waals surface area contributed by atoms with Gasteiger partial charge < -0.3 is 10.1 Å². The number of carbonyl (C=O) groups excluding carboxylic acids is 1. The molecule has 0 saturated carbocycles. The molecule has 0 aliphatic carbocycles. The predicted octanol–water partition coefficient (Wildman–Crippen LogP) is 1.44. The first-order chi connectivity index (χ1) is 10.7. The SMILES string of the molecule is COc1ccc(CCC(=O)NCc2nn3cnnc3s2)cc1. The lowest BCUT2D eigenvalue weighted by molar-refractivity contribution is -0.121. The van der Waals surface area contributed by atoms with E-state index in [0.717, 1.165) is 21.3 Å². The second-order valence-corrected chi connectivity index (χ2v) is 5.72. The maximum Gasteiger partial charge on any atom is 0.234 e. The minimum Gasteiger partial charge on any atom is -0.497 e. The maximum absolute atomic E-state index is 11.9. The van der Waals surface area contributed by atoms with Crippen LogP contribution >= 0.6 is 11.3 Å². The summed E-state index contributed by atoms with van der Waals surface area (Å²) in [7, 11) is 1.63. The highest BCUT2D eigenvalue weighted by Crippen LogP contribution is 2.13. The van der Waals surface area contributed by atoms with Crippen LogP contribution in [0.5, 0.6) is 5.75 Å². The van der Waals surface area contributed by atoms with Crippen molar-refractivity contribution in [2.45, 2.75) is 19.4 Å². The second kappa shape index (κ2) is 6.52. The van der Waals surface area contributed by atoms with Crippen molar-refractivity contribution in [3.63, 3.8) is 0 Å². The van der Waals surface area contributed by atoms with E-state index < -0.39 is 0 Å². The molecule has 0 spiro atoms. The molecular formula is C14H15N5O2S. The van der Waals surface area contributed by atoms with E-state index >= 15 is 0 Å². The van der Waals surface area contributed by atoms with Crippen molar-refractivity contribution in [1.82, 2.24) is 25.1 Å². The van der Waals surface area contributed by atoms with E-state index in [1.807, 2.05) is 24.3 Å². The predicted molar refractivity (Wildman–Crippen MR) is 81.8 cm³/mol. The van der Waals surface area contributed by atoms with Gasteiger partial charge in [0.2, 0.25) is 10.9 Å². The van der Waals surface area contributed by atoms with E-state index in [-0.39, 0.29) is 5.91 Å². The molecule has 1 amide bonds. The van der Waals surface area contributed by atoms with Crippen molar-refractivity contribution in [2.75, 3.05) is 7.11 Å². The van der Waals surface area contributed by atoms with Gasteiger partial charge in [-0.25, -0.2) is 0 Å². The van der Waals surface area contributed by atoms with E-state index in [9.17, 15) is 4.79 Å². The number of hydrogen-bond acceptors (Lipinski definition) is 6. The van der Waals surface area contributed by atoms with Crippen LogP contribution < -0.4 is 10.1 Å². The number of nitrogens with zero attached hydrogens (tertiary/aromatic N) is 4. The lowest BCUT2D eigenvalue weighted by Crippen LogP contribution is -2.23. The summed E-state index contributed by atoms with van der Waals surface area (Å²) >= 11 is 1.41. The van der Waals surface area contributed by atoms with E-state index in [1.165, 1.54) is 11.3 Å². The van der Waals surface area contributed by atoms with Crippen LogP contribution in [-0.4, -0.2) is 32.8 Å². The third-order valence-corrected chi connectivity index (χ3v) is 4.08. The average Bonchev–Trinajstić information content (AvgIpc) is 3.12. The van der Waals surface area contributed by atoms with Crippen LogP contribution in [0.4, 0.5) is 0 Å². The summed E-state index contributed by atoms with van der Waals surface area (Å²) in [5.74, 6) is 0.818. The summed E-state index contributed by atoms with van der Waals surface area (Å²) in [5, 5.41) is 15.6. The third kappa shape index (κ3) is 3.40. The minimum absolute atomic E-state index is 0.00165. The zero-order valence-electron chi connectivity index (χ0n) is 12.0. The molecule has 3 rings (SSSR count). The second-order valence-electron chi connectivity index (χ2n) is 4.68. The van der Waals surface area contributed by atoms with Gasteiger partial charge in [-0.3, -0.25) is 4.79 Å². The molecule has 0 fully saturated rings. The summed E-state index contributed by atoms with van der Waals surface area (Å²) in [6, 6.07) is 7.73. The first-order valence-electron chi connectivity index (χ1n) is 6.80. The number of carbonyl (C=O) groups is 1. The molecule has 0 aliphatic rings. The van der Waals surface area contributed by atoms with Crippen molar-refractivity contribution < 1.29 is 9.53 Å². The van der Waals surface area contributed by atoms with Gasteiger partial charge in [-0.05, 0) is 24.1 Å². The molecule has 114 valence electrons. The molecule has 0 bridgehead atoms. The van der Waals surface area contributed by atoms with Crippen LogP contribution in [0.1, 0.15) is 17.0 Å². The van der Waals surface area contributed by atoms with Crippen LogP contribution in [0.2, 0.25) is 0 Å². The quantitative estimate of drug-likeness (QED) is 0.744. The molecule has 1 N–H and O–H groups in total. The topological polar surface area (TPSA) is 81.4 Å². The number of aryl methyl sites for hydroxylation is 1. The number of amides is 1. The van der Waals surface area contributed by atoms with Gasteiger partial charge in [0, 0.05) is 6.42 Å². The zero-order valence-corrected chi connectivity index (χ0v) is 12.8. The smallest absolute Gasteiger partial charge is 0.234 e. The molecule has 0 unspecified atom stereocenters. The molecule has 0 radical (unpaired) electrons. The number of hydrogen-bond donors (Lipinski definition) is 1. The van der Waals surface area contributed by atoms with E-state index in [4.69, 9.17) is 4.74 Å². The van der Waals surface area contributed by atoms with Crippen LogP contribution in [0.25, 0.3) is 4.96 Å². The van der Waals surface area contributed by atoms with E-state index in [2.05, 4.69) is 20.6 Å². The van der Waals surface area contributed by atoms with Crippen molar-refractivity contribution >= 4 is 22.2 Å². The Hall–Kier alpha value is -2.48. The molecule has 2 heterocycles. The average molecular weight is 317 g/mol. The molecule has 0 aliphatic heterocycles. The summed E-state index contributed by atoms with van der Waals surface area (Å²) in [4.78, 5) is 12.6. The van der Waals surface area contributed by atoms with Gasteiger partial charge in [0.15, 0.2) is 0 Å². The highest BCUT2D eigenvalue weighted by molar-refractivity contribution is 7.16. The van der Waals surface area contributed by atoms with Crippen LogP contribution in [0.3, 0.4) is 0 Å². The van der Waals surface area contributed by atoms with Crippen molar-refractivity contribution in [3.8, 4) is 5.75 Å². The molecule has 7 nitrogen and oxygen atoms in total. The van der Waals surface area contributed by atoms with Gasteiger partial charge in [0.25, 0.3) is 0 Å². The fraction of sp³-hybridized carbons (Fsp3) is 0.286. The highest BCUT2D eigenvalue weighted by Gasteiger charge is 2.07. The molecule has 0 saturated heterocycles. The first kappa shape index (κ1) is 14.5. The number of aromatic nitrogens is 4. The molecule has 1 aromatic carbocycles. The normalized spacial score (nSPS) is 10.8. The Labute approximate surface area is 130 Å². The van der Waals surface area contributed by atoms with Crippen LogP contribution in [0, 0.1) is 0 Å². The Bertz CT molecular complexity index is 736. The first-order valence-corrected chi connectivity index (χ1v) is 7.61. The molecule has 3 aromatic rings. The Morgan fingerprint density at radius 3 is 2.91 bits per heavy atom. The monoisotopic (exact) mass is 317 g/mol. The number of methoxy groups -OCH3 is 1. The van der Waals surface area contributed by atoms with Crippen molar-refractivity contribution in [1.29, 1.82) is 0 Å². The van der Waals surface area contributed by atoms with Gasteiger partial charge in [0.05, 0.1) is 13.7 Å². The Morgan fingerprint density at radius 2 is 2.18 bits per heavy atom. The van der Waals surface area contributed by atoms with Gasteiger partial charge >= 0.3 is 0 Å². The summed E-state index contributed by atoms with van der Waals surface area (Å²) in [5.41, 5.74) is 1.11. The molecular weight excluding hydrogens is 302 g/mol. The van der Waals surface area contributed by atoms with Crippen LogP contribution in [0.15, 0.2) is 30.6 Å². The number of benzene rings is 1. The molecule has 0 atom stereocenters. The van der Waals surface area contributed by atoms with Gasteiger partial charge in [0.1, 0.15) is 17.1 Å². The zero-order chi connectivity index (χ0) is 15.4. The largest absolute Gasteiger partial charge is 0.497 e. The number of fused-ring (bicyclic) bond motifs is 1. The lowest BCUT2D eigenvalue weighted by atomic mass is 10.1. The standard InChI is InChI=1S/C14H15N5O2S/c1-21-11-5-2-10(3-6-11)4-7-12(20)15-8-13-18-19-9-16-17-14(19)22-13/h2-3,5-6,9H,4,7-8H2,1H3,(H,15,20). The van der Waals surface area contributed by atoms with E-state index in [0.29, 0.717) is 19.4 Å². The Morgan fingerprint density at radius 1 is 1.36 bits per heavy atom. The summed E-state index contributed by atoms with van der Waals surface area (Å²) < 4.78 is 6.70. The van der Waals surface area contributed by atoms with Gasteiger partial charge in [-0.2, -0.15) is 9.61 Å². The maximum atomic E-state index is 11.9. The van der Waals surface area contributed by atoms with Crippen molar-refractivity contribution in [2.24, 2.45) is 0 Å². The Balaban J connectivity index is 1.46. The third-order valence-electron chi connectivity index (χ3n) is 3.17. The Kier molecular flexibility index (Phi) is 4.29. The summed E-state index contributed by atoms with van der Waals surface area (Å²) in [6.45, 7) is 0.412. The molecule has 8 heteroatoms. The minimum atomic E-state index is 0.00165. The summed E-state index contributed by atoms with van der Waals surface area (Å²) in [6.07, 6.45) is 2.68. The number of ether oxygens (including phenoxy) is 1.